The Labute approximate surface area is 176 Å². The van der Waals surface area contributed by atoms with Crippen molar-refractivity contribution in [2.75, 3.05) is 11.4 Å². The number of hydrogen-bond acceptors (Lipinski definition) is 5. The predicted octanol–water partition coefficient (Wildman–Crippen LogP) is 5.22. The van der Waals surface area contributed by atoms with Crippen LogP contribution < -0.4 is 14.4 Å². The van der Waals surface area contributed by atoms with E-state index in [-0.39, 0.29) is 11.7 Å². The highest BCUT2D eigenvalue weighted by Gasteiger charge is 2.28. The summed E-state index contributed by atoms with van der Waals surface area (Å²) >= 11 is 1.55. The van der Waals surface area contributed by atoms with Crippen LogP contribution in [-0.2, 0) is 13.0 Å². The molecule has 0 saturated carbocycles. The molecule has 1 aliphatic rings. The topological polar surface area (TPSA) is 51.7 Å². The van der Waals surface area contributed by atoms with E-state index in [2.05, 4.69) is 9.72 Å². The van der Waals surface area contributed by atoms with Crippen LogP contribution in [-0.4, -0.2) is 24.0 Å². The standard InChI is InChI=1S/C22H20F2N2O3S/c1-14-25-17(13-30-14)12-28-18-8-2-6-16(11-18)21(27)26-10-4-7-15-5-3-9-19(20(15)26)29-22(23)24/h2-3,5-6,8-9,11,13,22H,4,7,10,12H2,1H3. The van der Waals surface area contributed by atoms with Gasteiger partial charge in [0.1, 0.15) is 18.1 Å². The smallest absolute Gasteiger partial charge is 0.387 e. The third-order valence-corrected chi connectivity index (χ3v) is 5.60. The van der Waals surface area contributed by atoms with Crippen LogP contribution in [0.5, 0.6) is 11.5 Å². The predicted molar refractivity (Wildman–Crippen MR) is 111 cm³/mol. The molecule has 0 atom stereocenters. The largest absolute Gasteiger partial charge is 0.487 e. The summed E-state index contributed by atoms with van der Waals surface area (Å²) in [5.74, 6) is 0.277. The van der Waals surface area contributed by atoms with Gasteiger partial charge in [-0.25, -0.2) is 4.98 Å². The summed E-state index contributed by atoms with van der Waals surface area (Å²) in [7, 11) is 0. The summed E-state index contributed by atoms with van der Waals surface area (Å²) in [6.07, 6.45) is 1.45. The van der Waals surface area contributed by atoms with Crippen molar-refractivity contribution in [3.05, 3.63) is 69.7 Å². The van der Waals surface area contributed by atoms with E-state index in [1.165, 1.54) is 11.0 Å². The number of fused-ring (bicyclic) bond motifs is 1. The number of rotatable bonds is 6. The molecule has 1 aliphatic heterocycles. The van der Waals surface area contributed by atoms with E-state index in [1.54, 1.807) is 41.7 Å². The number of nitrogens with zero attached hydrogens (tertiary/aromatic N) is 2. The lowest BCUT2D eigenvalue weighted by atomic mass is 10.00. The fraction of sp³-hybridized carbons (Fsp3) is 0.273. The second kappa shape index (κ2) is 8.79. The van der Waals surface area contributed by atoms with Crippen molar-refractivity contribution in [3.63, 3.8) is 0 Å². The summed E-state index contributed by atoms with van der Waals surface area (Å²) in [5.41, 5.74) is 2.48. The van der Waals surface area contributed by atoms with Crippen LogP contribution in [0.2, 0.25) is 0 Å². The molecule has 0 fully saturated rings. The Hall–Kier alpha value is -3.00. The van der Waals surface area contributed by atoms with Crippen molar-refractivity contribution in [1.29, 1.82) is 0 Å². The molecular formula is C22H20F2N2O3S. The van der Waals surface area contributed by atoms with Crippen molar-refractivity contribution in [2.45, 2.75) is 33.0 Å². The molecule has 0 radical (unpaired) electrons. The maximum absolute atomic E-state index is 13.2. The van der Waals surface area contributed by atoms with Crippen LogP contribution in [0.3, 0.4) is 0 Å². The number of halogens is 2. The highest BCUT2D eigenvalue weighted by molar-refractivity contribution is 7.09. The normalized spacial score (nSPS) is 13.3. The van der Waals surface area contributed by atoms with Gasteiger partial charge in [0.25, 0.3) is 5.91 Å². The number of ether oxygens (including phenoxy) is 2. The lowest BCUT2D eigenvalue weighted by Gasteiger charge is -2.31. The second-order valence-electron chi connectivity index (χ2n) is 6.88. The van der Waals surface area contributed by atoms with Gasteiger partial charge in [0.15, 0.2) is 0 Å². The molecule has 0 aliphatic carbocycles. The molecule has 30 heavy (non-hydrogen) atoms. The van der Waals surface area contributed by atoms with Gasteiger partial charge < -0.3 is 14.4 Å². The van der Waals surface area contributed by atoms with Gasteiger partial charge in [-0.3, -0.25) is 4.79 Å². The third-order valence-electron chi connectivity index (χ3n) is 4.78. The van der Waals surface area contributed by atoms with Crippen LogP contribution in [0.15, 0.2) is 47.8 Å². The van der Waals surface area contributed by atoms with Crippen LogP contribution in [0, 0.1) is 6.92 Å². The number of carbonyl (C=O) groups is 1. The summed E-state index contributed by atoms with van der Waals surface area (Å²) in [5, 5.41) is 2.89. The first-order valence-electron chi connectivity index (χ1n) is 9.53. The monoisotopic (exact) mass is 430 g/mol. The maximum atomic E-state index is 13.2. The quantitative estimate of drug-likeness (QED) is 0.538. The summed E-state index contributed by atoms with van der Waals surface area (Å²) in [6, 6.07) is 11.8. The minimum atomic E-state index is -2.96. The summed E-state index contributed by atoms with van der Waals surface area (Å²) in [4.78, 5) is 19.1. The Kier molecular flexibility index (Phi) is 5.94. The van der Waals surface area contributed by atoms with Crippen molar-refractivity contribution in [3.8, 4) is 11.5 Å². The number of aromatic nitrogens is 1. The Morgan fingerprint density at radius 3 is 2.87 bits per heavy atom. The zero-order valence-electron chi connectivity index (χ0n) is 16.3. The lowest BCUT2D eigenvalue weighted by molar-refractivity contribution is -0.0495. The fourth-order valence-electron chi connectivity index (χ4n) is 3.52. The number of thiazole rings is 1. The Bertz CT molecular complexity index is 1050. The van der Waals surface area contributed by atoms with E-state index in [4.69, 9.17) is 4.74 Å². The van der Waals surface area contributed by atoms with Gasteiger partial charge in [-0.1, -0.05) is 18.2 Å². The number of carbonyl (C=O) groups excluding carboxylic acids is 1. The van der Waals surface area contributed by atoms with Crippen molar-refractivity contribution in [2.24, 2.45) is 0 Å². The summed E-state index contributed by atoms with van der Waals surface area (Å²) < 4.78 is 36.2. The molecule has 0 N–H and O–H groups in total. The molecule has 0 unspecified atom stereocenters. The average molecular weight is 430 g/mol. The lowest BCUT2D eigenvalue weighted by Crippen LogP contribution is -2.36. The van der Waals surface area contributed by atoms with Crippen LogP contribution in [0.25, 0.3) is 0 Å². The third kappa shape index (κ3) is 4.43. The zero-order valence-corrected chi connectivity index (χ0v) is 17.1. The average Bonchev–Trinajstić information content (AvgIpc) is 3.16. The Morgan fingerprint density at radius 1 is 1.27 bits per heavy atom. The molecule has 2 heterocycles. The van der Waals surface area contributed by atoms with Gasteiger partial charge in [0.05, 0.1) is 16.4 Å². The first-order chi connectivity index (χ1) is 14.5. The number of aryl methyl sites for hydroxylation is 2. The molecule has 0 spiro atoms. The molecule has 3 aromatic rings. The van der Waals surface area contributed by atoms with Gasteiger partial charge in [0, 0.05) is 17.5 Å². The second-order valence-corrected chi connectivity index (χ2v) is 7.94. The van der Waals surface area contributed by atoms with Crippen molar-refractivity contribution < 1.29 is 23.0 Å². The highest BCUT2D eigenvalue weighted by atomic mass is 32.1. The first kappa shape index (κ1) is 20.3. The fourth-order valence-corrected chi connectivity index (χ4v) is 4.11. The first-order valence-corrected chi connectivity index (χ1v) is 10.4. The minimum absolute atomic E-state index is 0.0156. The number of amides is 1. The van der Waals surface area contributed by atoms with E-state index in [0.29, 0.717) is 36.6 Å². The number of benzene rings is 2. The van der Waals surface area contributed by atoms with E-state index in [9.17, 15) is 13.6 Å². The molecule has 0 saturated heterocycles. The molecule has 8 heteroatoms. The van der Waals surface area contributed by atoms with E-state index < -0.39 is 6.61 Å². The number of anilines is 1. The SMILES string of the molecule is Cc1nc(COc2cccc(C(=O)N3CCCc4cccc(OC(F)F)c43)c2)cs1. The maximum Gasteiger partial charge on any atom is 0.387 e. The molecule has 1 amide bonds. The molecule has 5 nitrogen and oxygen atoms in total. The van der Waals surface area contributed by atoms with E-state index in [1.807, 2.05) is 18.4 Å². The van der Waals surface area contributed by atoms with E-state index >= 15 is 0 Å². The van der Waals surface area contributed by atoms with Crippen LogP contribution >= 0.6 is 11.3 Å². The number of hydrogen-bond donors (Lipinski definition) is 0. The van der Waals surface area contributed by atoms with Gasteiger partial charge in [0.2, 0.25) is 0 Å². The molecule has 0 bridgehead atoms. The zero-order chi connectivity index (χ0) is 21.1. The Morgan fingerprint density at radius 2 is 2.10 bits per heavy atom. The van der Waals surface area contributed by atoms with Crippen molar-refractivity contribution >= 4 is 22.9 Å². The minimum Gasteiger partial charge on any atom is -0.487 e. The molecule has 4 rings (SSSR count). The van der Waals surface area contributed by atoms with Gasteiger partial charge in [-0.05, 0) is 49.6 Å². The van der Waals surface area contributed by atoms with Crippen LogP contribution in [0.1, 0.15) is 33.0 Å². The van der Waals surface area contributed by atoms with Gasteiger partial charge in [-0.15, -0.1) is 11.3 Å². The van der Waals surface area contributed by atoms with E-state index in [0.717, 1.165) is 22.7 Å². The highest BCUT2D eigenvalue weighted by Crippen LogP contribution is 2.38. The Balaban J connectivity index is 1.57. The number of para-hydroxylation sites is 1. The van der Waals surface area contributed by atoms with Gasteiger partial charge >= 0.3 is 6.61 Å². The van der Waals surface area contributed by atoms with Gasteiger partial charge in [-0.2, -0.15) is 8.78 Å². The van der Waals surface area contributed by atoms with Crippen LogP contribution in [0.4, 0.5) is 14.5 Å². The van der Waals surface area contributed by atoms with Crippen molar-refractivity contribution in [1.82, 2.24) is 4.98 Å². The molecule has 1 aromatic heterocycles. The summed E-state index contributed by atoms with van der Waals surface area (Å²) in [6.45, 7) is -0.295. The molecule has 2 aromatic carbocycles. The number of alkyl halides is 2. The molecule has 156 valence electrons. The molecular weight excluding hydrogens is 410 g/mol.